The molecule has 1 saturated heterocycles. The number of aromatic nitrogens is 1. The number of nitrogens with one attached hydrogen (secondary N) is 1. The monoisotopic (exact) mass is 399 g/mol. The van der Waals surface area contributed by atoms with E-state index in [1.165, 1.54) is 0 Å². The van der Waals surface area contributed by atoms with Crippen LogP contribution in [0.2, 0.25) is 10.0 Å². The van der Waals surface area contributed by atoms with E-state index in [-0.39, 0.29) is 0 Å². The van der Waals surface area contributed by atoms with Gasteiger partial charge in [0.1, 0.15) is 5.82 Å². The van der Waals surface area contributed by atoms with E-state index in [0.717, 1.165) is 41.9 Å². The molecule has 0 bridgehead atoms. The Morgan fingerprint density at radius 1 is 1.27 bits per heavy atom. The fraction of sp³-hybridized carbons (Fsp3) is 0.312. The standard InChI is InChI=1S/C16H16BrCl2N3/c17-12-2-4-16(21-9-12)22-6-5-14(10-22)20-8-11-1-3-13(18)7-15(11)19/h1-4,7,9,14,20H,5-6,8,10H2. The average Bonchev–Trinajstić information content (AvgIpc) is 2.96. The van der Waals surface area contributed by atoms with Gasteiger partial charge < -0.3 is 10.2 Å². The summed E-state index contributed by atoms with van der Waals surface area (Å²) in [6.07, 6.45) is 2.94. The van der Waals surface area contributed by atoms with E-state index >= 15 is 0 Å². The van der Waals surface area contributed by atoms with E-state index in [1.807, 2.05) is 30.5 Å². The fourth-order valence-corrected chi connectivity index (χ4v) is 3.32. The van der Waals surface area contributed by atoms with Gasteiger partial charge in [-0.05, 0) is 52.2 Å². The molecular formula is C16H16BrCl2N3. The van der Waals surface area contributed by atoms with Gasteiger partial charge in [0.15, 0.2) is 0 Å². The van der Waals surface area contributed by atoms with Crippen LogP contribution < -0.4 is 10.2 Å². The molecule has 1 N–H and O–H groups in total. The summed E-state index contributed by atoms with van der Waals surface area (Å²) in [4.78, 5) is 6.75. The van der Waals surface area contributed by atoms with Crippen LogP contribution in [0.4, 0.5) is 5.82 Å². The first-order valence-corrected chi connectivity index (χ1v) is 8.70. The summed E-state index contributed by atoms with van der Waals surface area (Å²) >= 11 is 15.5. The zero-order valence-electron chi connectivity index (χ0n) is 11.9. The van der Waals surface area contributed by atoms with Crippen molar-refractivity contribution in [2.24, 2.45) is 0 Å². The molecule has 116 valence electrons. The van der Waals surface area contributed by atoms with Gasteiger partial charge in [-0.3, -0.25) is 0 Å². The Morgan fingerprint density at radius 2 is 2.14 bits per heavy atom. The molecule has 0 spiro atoms. The number of benzene rings is 1. The first kappa shape index (κ1) is 16.1. The summed E-state index contributed by atoms with van der Waals surface area (Å²) in [6.45, 7) is 2.72. The molecule has 1 aliphatic rings. The van der Waals surface area contributed by atoms with Crippen molar-refractivity contribution in [2.45, 2.75) is 19.0 Å². The molecule has 2 aromatic rings. The van der Waals surface area contributed by atoms with Crippen molar-refractivity contribution in [1.82, 2.24) is 10.3 Å². The Kier molecular flexibility index (Phi) is 5.24. The molecule has 3 rings (SSSR count). The van der Waals surface area contributed by atoms with Gasteiger partial charge in [0, 0.05) is 46.4 Å². The van der Waals surface area contributed by atoms with Crippen molar-refractivity contribution in [1.29, 1.82) is 0 Å². The SMILES string of the molecule is Clc1ccc(CNC2CCN(c3ccc(Br)cn3)C2)c(Cl)c1. The third-order valence-corrected chi connectivity index (χ3v) is 4.88. The first-order valence-electron chi connectivity index (χ1n) is 7.15. The van der Waals surface area contributed by atoms with Crippen molar-refractivity contribution in [3.8, 4) is 0 Å². The van der Waals surface area contributed by atoms with Gasteiger partial charge in [0.05, 0.1) is 0 Å². The highest BCUT2D eigenvalue weighted by atomic mass is 79.9. The van der Waals surface area contributed by atoms with Crippen molar-refractivity contribution in [2.75, 3.05) is 18.0 Å². The van der Waals surface area contributed by atoms with Crippen LogP contribution >= 0.6 is 39.1 Å². The summed E-state index contributed by atoms with van der Waals surface area (Å²) in [6, 6.07) is 10.1. The van der Waals surface area contributed by atoms with E-state index in [0.29, 0.717) is 16.1 Å². The molecular weight excluding hydrogens is 385 g/mol. The molecule has 1 fully saturated rings. The predicted octanol–water partition coefficient (Wildman–Crippen LogP) is 4.52. The first-order chi connectivity index (χ1) is 10.6. The highest BCUT2D eigenvalue weighted by molar-refractivity contribution is 9.10. The molecule has 1 aromatic carbocycles. The van der Waals surface area contributed by atoms with E-state index in [9.17, 15) is 0 Å². The summed E-state index contributed by atoms with van der Waals surface area (Å²) in [5.41, 5.74) is 1.08. The zero-order chi connectivity index (χ0) is 15.5. The second-order valence-corrected chi connectivity index (χ2v) is 7.14. The van der Waals surface area contributed by atoms with Crippen LogP contribution in [-0.2, 0) is 6.54 Å². The maximum Gasteiger partial charge on any atom is 0.128 e. The van der Waals surface area contributed by atoms with Crippen LogP contribution in [0.15, 0.2) is 41.0 Å². The van der Waals surface area contributed by atoms with Gasteiger partial charge in [0.25, 0.3) is 0 Å². The lowest BCUT2D eigenvalue weighted by atomic mass is 10.2. The molecule has 1 unspecified atom stereocenters. The Balaban J connectivity index is 1.56. The minimum absolute atomic E-state index is 0.442. The van der Waals surface area contributed by atoms with Gasteiger partial charge in [-0.25, -0.2) is 4.98 Å². The van der Waals surface area contributed by atoms with E-state index in [4.69, 9.17) is 23.2 Å². The second kappa shape index (κ2) is 7.18. The molecule has 1 aromatic heterocycles. The Bertz CT molecular complexity index is 648. The van der Waals surface area contributed by atoms with Crippen LogP contribution in [0.25, 0.3) is 0 Å². The summed E-state index contributed by atoms with van der Waals surface area (Å²) in [7, 11) is 0. The lowest BCUT2D eigenvalue weighted by molar-refractivity contribution is 0.551. The number of hydrogen-bond donors (Lipinski definition) is 1. The molecule has 22 heavy (non-hydrogen) atoms. The van der Waals surface area contributed by atoms with Crippen LogP contribution in [0.3, 0.4) is 0 Å². The average molecular weight is 401 g/mol. The van der Waals surface area contributed by atoms with E-state index < -0.39 is 0 Å². The third kappa shape index (κ3) is 3.93. The maximum absolute atomic E-state index is 6.21. The topological polar surface area (TPSA) is 28.2 Å². The molecule has 3 nitrogen and oxygen atoms in total. The highest BCUT2D eigenvalue weighted by Gasteiger charge is 2.23. The summed E-state index contributed by atoms with van der Waals surface area (Å²) < 4.78 is 1.00. The second-order valence-electron chi connectivity index (χ2n) is 5.38. The highest BCUT2D eigenvalue weighted by Crippen LogP contribution is 2.23. The minimum atomic E-state index is 0.442. The number of anilines is 1. The van der Waals surface area contributed by atoms with Gasteiger partial charge in [-0.15, -0.1) is 0 Å². The predicted molar refractivity (Wildman–Crippen MR) is 95.9 cm³/mol. The molecule has 1 aliphatic heterocycles. The number of hydrogen-bond acceptors (Lipinski definition) is 3. The van der Waals surface area contributed by atoms with Crippen LogP contribution in [-0.4, -0.2) is 24.1 Å². The molecule has 0 radical (unpaired) electrons. The van der Waals surface area contributed by atoms with Gasteiger partial charge >= 0.3 is 0 Å². The molecule has 0 saturated carbocycles. The maximum atomic E-state index is 6.21. The Labute approximate surface area is 148 Å². The van der Waals surface area contributed by atoms with Crippen LogP contribution in [0.1, 0.15) is 12.0 Å². The van der Waals surface area contributed by atoms with Crippen molar-refractivity contribution in [3.05, 3.63) is 56.6 Å². The smallest absolute Gasteiger partial charge is 0.128 e. The summed E-state index contributed by atoms with van der Waals surface area (Å²) in [5, 5.41) is 4.94. The lowest BCUT2D eigenvalue weighted by Gasteiger charge is -2.18. The fourth-order valence-electron chi connectivity index (χ4n) is 2.61. The summed E-state index contributed by atoms with van der Waals surface area (Å²) in [5.74, 6) is 1.03. The van der Waals surface area contributed by atoms with E-state index in [2.05, 4.69) is 31.1 Å². The largest absolute Gasteiger partial charge is 0.355 e. The third-order valence-electron chi connectivity index (χ3n) is 3.82. The van der Waals surface area contributed by atoms with E-state index in [1.54, 1.807) is 6.07 Å². The molecule has 0 aliphatic carbocycles. The van der Waals surface area contributed by atoms with Crippen molar-refractivity contribution < 1.29 is 0 Å². The molecule has 2 heterocycles. The van der Waals surface area contributed by atoms with Gasteiger partial charge in [0.2, 0.25) is 0 Å². The Hall–Kier alpha value is -0.810. The lowest BCUT2D eigenvalue weighted by Crippen LogP contribution is -2.32. The minimum Gasteiger partial charge on any atom is -0.355 e. The van der Waals surface area contributed by atoms with Crippen LogP contribution in [0.5, 0.6) is 0 Å². The Morgan fingerprint density at radius 3 is 2.86 bits per heavy atom. The number of halogens is 3. The van der Waals surface area contributed by atoms with Gasteiger partial charge in [-0.2, -0.15) is 0 Å². The molecule has 1 atom stereocenters. The molecule has 0 amide bonds. The van der Waals surface area contributed by atoms with Crippen LogP contribution in [0, 0.1) is 0 Å². The molecule has 6 heteroatoms. The quantitative estimate of drug-likeness (QED) is 0.817. The van der Waals surface area contributed by atoms with Gasteiger partial charge in [-0.1, -0.05) is 29.3 Å². The zero-order valence-corrected chi connectivity index (χ0v) is 15.0. The number of rotatable bonds is 4. The normalized spacial score (nSPS) is 18.0. The number of pyridine rings is 1. The number of nitrogens with zero attached hydrogens (tertiary/aromatic N) is 2. The van der Waals surface area contributed by atoms with Crippen molar-refractivity contribution >= 4 is 44.9 Å². The van der Waals surface area contributed by atoms with Crippen molar-refractivity contribution in [3.63, 3.8) is 0 Å².